The van der Waals surface area contributed by atoms with Crippen molar-refractivity contribution in [2.75, 3.05) is 44.4 Å². The summed E-state index contributed by atoms with van der Waals surface area (Å²) < 4.78 is 5.28. The van der Waals surface area contributed by atoms with Crippen molar-refractivity contribution in [3.05, 3.63) is 0 Å². The van der Waals surface area contributed by atoms with Gasteiger partial charge in [-0.3, -0.25) is 4.79 Å². The molecule has 3 fully saturated rings. The van der Waals surface area contributed by atoms with E-state index in [0.717, 1.165) is 25.6 Å². The number of hydrogen-bond acceptors (Lipinski definition) is 4. The molecule has 21 heavy (non-hydrogen) atoms. The fraction of sp³-hybridized carbons (Fsp3) is 0.938. The minimum atomic E-state index is 0.102. The first-order chi connectivity index (χ1) is 10.3. The SMILES string of the molecule is O=C(NCC1CCN(C2CCSCC2)CC1)[C@H]1CCOC1. The highest BCUT2D eigenvalue weighted by molar-refractivity contribution is 7.99. The molecule has 3 saturated heterocycles. The Morgan fingerprint density at radius 2 is 1.90 bits per heavy atom. The number of likely N-dealkylation sites (tertiary alicyclic amines) is 1. The maximum Gasteiger partial charge on any atom is 0.225 e. The lowest BCUT2D eigenvalue weighted by atomic mass is 9.94. The van der Waals surface area contributed by atoms with Crippen LogP contribution in [0.2, 0.25) is 0 Å². The van der Waals surface area contributed by atoms with Crippen LogP contribution < -0.4 is 5.32 Å². The largest absolute Gasteiger partial charge is 0.381 e. The summed E-state index contributed by atoms with van der Waals surface area (Å²) in [6.45, 7) is 4.68. The average molecular weight is 312 g/mol. The Kier molecular flexibility index (Phi) is 5.83. The van der Waals surface area contributed by atoms with E-state index >= 15 is 0 Å². The van der Waals surface area contributed by atoms with Gasteiger partial charge in [-0.25, -0.2) is 0 Å². The molecule has 5 heteroatoms. The van der Waals surface area contributed by atoms with Crippen LogP contribution in [-0.2, 0) is 9.53 Å². The smallest absolute Gasteiger partial charge is 0.225 e. The van der Waals surface area contributed by atoms with E-state index in [2.05, 4.69) is 22.0 Å². The molecule has 1 amide bonds. The molecule has 3 aliphatic heterocycles. The molecule has 120 valence electrons. The summed E-state index contributed by atoms with van der Waals surface area (Å²) in [7, 11) is 0. The molecule has 1 atom stereocenters. The number of ether oxygens (including phenoxy) is 1. The summed E-state index contributed by atoms with van der Waals surface area (Å²) in [5.74, 6) is 3.66. The Morgan fingerprint density at radius 1 is 1.14 bits per heavy atom. The van der Waals surface area contributed by atoms with E-state index in [9.17, 15) is 4.79 Å². The highest BCUT2D eigenvalue weighted by Crippen LogP contribution is 2.26. The van der Waals surface area contributed by atoms with Crippen molar-refractivity contribution in [3.8, 4) is 0 Å². The zero-order valence-corrected chi connectivity index (χ0v) is 13.7. The van der Waals surface area contributed by atoms with E-state index in [1.807, 2.05) is 0 Å². The van der Waals surface area contributed by atoms with Gasteiger partial charge in [-0.15, -0.1) is 0 Å². The van der Waals surface area contributed by atoms with Crippen molar-refractivity contribution in [3.63, 3.8) is 0 Å². The van der Waals surface area contributed by atoms with Gasteiger partial charge < -0.3 is 15.0 Å². The number of thioether (sulfide) groups is 1. The Morgan fingerprint density at radius 3 is 2.57 bits per heavy atom. The Hall–Kier alpha value is -0.260. The maximum atomic E-state index is 12.0. The Labute approximate surface area is 132 Å². The molecule has 0 aromatic rings. The zero-order valence-electron chi connectivity index (χ0n) is 12.9. The number of carbonyl (C=O) groups is 1. The highest BCUT2D eigenvalue weighted by Gasteiger charge is 2.28. The van der Waals surface area contributed by atoms with Crippen LogP contribution in [0.5, 0.6) is 0 Å². The molecule has 0 spiro atoms. The van der Waals surface area contributed by atoms with Crippen molar-refractivity contribution in [2.24, 2.45) is 11.8 Å². The van der Waals surface area contributed by atoms with Crippen molar-refractivity contribution < 1.29 is 9.53 Å². The molecule has 3 rings (SSSR count). The van der Waals surface area contributed by atoms with Crippen molar-refractivity contribution >= 4 is 17.7 Å². The molecule has 0 radical (unpaired) electrons. The number of hydrogen-bond donors (Lipinski definition) is 1. The molecular formula is C16H28N2O2S. The van der Waals surface area contributed by atoms with E-state index in [0.29, 0.717) is 12.5 Å². The third-order valence-electron chi connectivity index (χ3n) is 5.22. The molecule has 3 aliphatic rings. The van der Waals surface area contributed by atoms with Crippen LogP contribution in [0.4, 0.5) is 0 Å². The van der Waals surface area contributed by atoms with Gasteiger partial charge in [0.05, 0.1) is 12.5 Å². The Balaban J connectivity index is 1.34. The predicted molar refractivity (Wildman–Crippen MR) is 86.6 cm³/mol. The van der Waals surface area contributed by atoms with Crippen molar-refractivity contribution in [1.82, 2.24) is 10.2 Å². The summed E-state index contributed by atoms with van der Waals surface area (Å²) >= 11 is 2.10. The Bertz CT molecular complexity index is 333. The minimum absolute atomic E-state index is 0.102. The number of nitrogens with one attached hydrogen (secondary N) is 1. The molecule has 0 aromatic carbocycles. The van der Waals surface area contributed by atoms with Crippen LogP contribution in [0.25, 0.3) is 0 Å². The van der Waals surface area contributed by atoms with Gasteiger partial charge >= 0.3 is 0 Å². The quantitative estimate of drug-likeness (QED) is 0.859. The van der Waals surface area contributed by atoms with E-state index in [1.54, 1.807) is 0 Å². The van der Waals surface area contributed by atoms with Crippen LogP contribution in [0, 0.1) is 11.8 Å². The summed E-state index contributed by atoms with van der Waals surface area (Å²) in [4.78, 5) is 14.7. The highest BCUT2D eigenvalue weighted by atomic mass is 32.2. The molecule has 0 saturated carbocycles. The second-order valence-corrected chi connectivity index (χ2v) is 7.85. The molecule has 0 bridgehead atoms. The number of piperidine rings is 1. The third kappa shape index (κ3) is 4.36. The van der Waals surface area contributed by atoms with Gasteiger partial charge in [0.25, 0.3) is 0 Å². The number of rotatable bonds is 4. The molecular weight excluding hydrogens is 284 g/mol. The summed E-state index contributed by atoms with van der Waals surface area (Å²) in [5, 5.41) is 3.15. The normalized spacial score (nSPS) is 29.6. The number of carbonyl (C=O) groups excluding carboxylic acids is 1. The number of nitrogens with zero attached hydrogens (tertiary/aromatic N) is 1. The lowest BCUT2D eigenvalue weighted by Gasteiger charge is -2.39. The van der Waals surface area contributed by atoms with Crippen molar-refractivity contribution in [2.45, 2.75) is 38.1 Å². The second-order valence-electron chi connectivity index (χ2n) is 6.63. The van der Waals surface area contributed by atoms with Gasteiger partial charge in [-0.2, -0.15) is 11.8 Å². The van der Waals surface area contributed by atoms with Crippen LogP contribution in [-0.4, -0.2) is 61.2 Å². The molecule has 0 aliphatic carbocycles. The molecule has 4 nitrogen and oxygen atoms in total. The van der Waals surface area contributed by atoms with Gasteiger partial charge in [0.15, 0.2) is 0 Å². The first-order valence-electron chi connectivity index (χ1n) is 8.50. The first kappa shape index (κ1) is 15.6. The summed E-state index contributed by atoms with van der Waals surface area (Å²) in [5.41, 5.74) is 0. The maximum absolute atomic E-state index is 12.0. The van der Waals surface area contributed by atoms with E-state index in [4.69, 9.17) is 4.74 Å². The second kappa shape index (κ2) is 7.84. The lowest BCUT2D eigenvalue weighted by Crippen LogP contribution is -2.45. The summed E-state index contributed by atoms with van der Waals surface area (Å²) in [6, 6.07) is 0.831. The van der Waals surface area contributed by atoms with Crippen LogP contribution in [0.1, 0.15) is 32.1 Å². The van der Waals surface area contributed by atoms with Gasteiger partial charge in [0.2, 0.25) is 5.91 Å². The zero-order chi connectivity index (χ0) is 14.5. The predicted octanol–water partition coefficient (Wildman–Crippen LogP) is 1.75. The van der Waals surface area contributed by atoms with Crippen molar-refractivity contribution in [1.29, 1.82) is 0 Å². The topological polar surface area (TPSA) is 41.6 Å². The minimum Gasteiger partial charge on any atom is -0.381 e. The van der Waals surface area contributed by atoms with Gasteiger partial charge in [-0.05, 0) is 62.6 Å². The lowest BCUT2D eigenvalue weighted by molar-refractivity contribution is -0.125. The molecule has 3 heterocycles. The van der Waals surface area contributed by atoms with Gasteiger partial charge in [0, 0.05) is 19.2 Å². The monoisotopic (exact) mass is 312 g/mol. The number of amides is 1. The van der Waals surface area contributed by atoms with E-state index < -0.39 is 0 Å². The molecule has 1 N–H and O–H groups in total. The van der Waals surface area contributed by atoms with Crippen LogP contribution in [0.3, 0.4) is 0 Å². The molecule has 0 unspecified atom stereocenters. The van der Waals surface area contributed by atoms with E-state index in [1.165, 1.54) is 50.3 Å². The average Bonchev–Trinajstić information content (AvgIpc) is 3.08. The molecule has 0 aromatic heterocycles. The summed E-state index contributed by atoms with van der Waals surface area (Å²) in [6.07, 6.45) is 6.11. The van der Waals surface area contributed by atoms with Gasteiger partial charge in [-0.1, -0.05) is 0 Å². The standard InChI is InChI=1S/C16H28N2O2S/c19-16(14-3-8-20-12-14)17-11-13-1-6-18(7-2-13)15-4-9-21-10-5-15/h13-15H,1-12H2,(H,17,19)/t14-/m0/s1. The fourth-order valence-corrected chi connectivity index (χ4v) is 4.78. The van der Waals surface area contributed by atoms with Crippen LogP contribution >= 0.6 is 11.8 Å². The van der Waals surface area contributed by atoms with Gasteiger partial charge in [0.1, 0.15) is 0 Å². The first-order valence-corrected chi connectivity index (χ1v) is 9.65. The third-order valence-corrected chi connectivity index (χ3v) is 6.27. The fourth-order valence-electron chi connectivity index (χ4n) is 3.70. The van der Waals surface area contributed by atoms with Crippen LogP contribution in [0.15, 0.2) is 0 Å². The van der Waals surface area contributed by atoms with E-state index in [-0.39, 0.29) is 11.8 Å².